The van der Waals surface area contributed by atoms with Gasteiger partial charge in [-0.2, -0.15) is 0 Å². The molecule has 2 unspecified atom stereocenters. The van der Waals surface area contributed by atoms with Gasteiger partial charge in [-0.1, -0.05) is 72.6 Å². The number of benzene rings is 2. The van der Waals surface area contributed by atoms with Crippen LogP contribution in [0.3, 0.4) is 0 Å². The molecule has 0 aromatic heterocycles. The molecule has 0 saturated heterocycles. The lowest BCUT2D eigenvalue weighted by Crippen LogP contribution is -2.37. The SMILES string of the molecule is CCCC(O)CN(Cc1cccc(Cl)c1)CC1CC(c2ccccc2)=NO1. The third-order valence-electron chi connectivity index (χ3n) is 4.69. The Balaban J connectivity index is 1.63. The van der Waals surface area contributed by atoms with Crippen molar-refractivity contribution < 1.29 is 9.94 Å². The molecule has 2 atom stereocenters. The fourth-order valence-corrected chi connectivity index (χ4v) is 3.65. The molecule has 4 nitrogen and oxygen atoms in total. The van der Waals surface area contributed by atoms with Crippen LogP contribution in [0.4, 0.5) is 0 Å². The van der Waals surface area contributed by atoms with Gasteiger partial charge in [0.25, 0.3) is 0 Å². The summed E-state index contributed by atoms with van der Waals surface area (Å²) in [6.45, 7) is 4.14. The van der Waals surface area contributed by atoms with Gasteiger partial charge in [-0.3, -0.25) is 4.90 Å². The average Bonchev–Trinajstić information content (AvgIpc) is 3.11. The van der Waals surface area contributed by atoms with Gasteiger partial charge in [0.05, 0.1) is 11.8 Å². The first kappa shape index (κ1) is 19.9. The molecule has 0 radical (unpaired) electrons. The lowest BCUT2D eigenvalue weighted by molar-refractivity contribution is 0.0305. The van der Waals surface area contributed by atoms with E-state index in [0.717, 1.165) is 47.7 Å². The minimum absolute atomic E-state index is 0.00628. The standard InChI is InChI=1S/C22H27ClN2O2/c1-2-7-20(26)15-25(14-17-8-6-11-19(23)12-17)16-21-13-22(24-27-21)18-9-4-3-5-10-18/h3-6,8-12,20-21,26H,2,7,13-16H2,1H3. The summed E-state index contributed by atoms with van der Waals surface area (Å²) < 4.78 is 0. The average molecular weight is 387 g/mol. The van der Waals surface area contributed by atoms with Crippen molar-refractivity contribution in [2.45, 2.75) is 44.9 Å². The quantitative estimate of drug-likeness (QED) is 0.690. The minimum atomic E-state index is -0.343. The number of oxime groups is 1. The molecule has 144 valence electrons. The van der Waals surface area contributed by atoms with Crippen molar-refractivity contribution in [3.8, 4) is 0 Å². The van der Waals surface area contributed by atoms with Crippen molar-refractivity contribution >= 4 is 17.3 Å². The summed E-state index contributed by atoms with van der Waals surface area (Å²) in [5, 5.41) is 15.3. The highest BCUT2D eigenvalue weighted by molar-refractivity contribution is 6.30. The summed E-state index contributed by atoms with van der Waals surface area (Å²) in [7, 11) is 0. The number of rotatable bonds is 9. The number of nitrogens with zero attached hydrogens (tertiary/aromatic N) is 2. The zero-order valence-electron chi connectivity index (χ0n) is 15.7. The lowest BCUT2D eigenvalue weighted by Gasteiger charge is -2.27. The monoisotopic (exact) mass is 386 g/mol. The molecule has 0 fully saturated rings. The van der Waals surface area contributed by atoms with Crippen LogP contribution in [-0.2, 0) is 11.4 Å². The minimum Gasteiger partial charge on any atom is -0.392 e. The summed E-state index contributed by atoms with van der Waals surface area (Å²) in [5.41, 5.74) is 3.22. The maximum absolute atomic E-state index is 10.3. The fraction of sp³-hybridized carbons (Fsp3) is 0.409. The van der Waals surface area contributed by atoms with Crippen LogP contribution in [0.1, 0.15) is 37.3 Å². The predicted molar refractivity (Wildman–Crippen MR) is 110 cm³/mol. The van der Waals surface area contributed by atoms with E-state index in [1.807, 2.05) is 36.4 Å². The highest BCUT2D eigenvalue weighted by Gasteiger charge is 2.25. The van der Waals surface area contributed by atoms with Gasteiger partial charge in [-0.25, -0.2) is 0 Å². The molecule has 1 aliphatic heterocycles. The Bertz CT molecular complexity index is 751. The normalized spacial score (nSPS) is 17.6. The summed E-state index contributed by atoms with van der Waals surface area (Å²) in [6, 6.07) is 18.0. The first-order valence-electron chi connectivity index (χ1n) is 9.57. The summed E-state index contributed by atoms with van der Waals surface area (Å²) >= 11 is 6.13. The number of aliphatic hydroxyl groups excluding tert-OH is 1. The Kier molecular flexibility index (Phi) is 7.27. The van der Waals surface area contributed by atoms with Crippen molar-refractivity contribution in [1.82, 2.24) is 4.90 Å². The Hall–Kier alpha value is -1.88. The molecule has 1 N–H and O–H groups in total. The van der Waals surface area contributed by atoms with Gasteiger partial charge in [-0.05, 0) is 29.7 Å². The molecule has 1 aliphatic rings. The fourth-order valence-electron chi connectivity index (χ4n) is 3.44. The molecular weight excluding hydrogens is 360 g/mol. The highest BCUT2D eigenvalue weighted by Crippen LogP contribution is 2.20. The third kappa shape index (κ3) is 6.06. The first-order chi connectivity index (χ1) is 13.1. The largest absolute Gasteiger partial charge is 0.392 e. The van der Waals surface area contributed by atoms with Gasteiger partial charge in [-0.15, -0.1) is 0 Å². The Morgan fingerprint density at radius 2 is 2.04 bits per heavy atom. The molecule has 2 aromatic carbocycles. The summed E-state index contributed by atoms with van der Waals surface area (Å²) in [4.78, 5) is 7.93. The van der Waals surface area contributed by atoms with E-state index in [0.29, 0.717) is 13.1 Å². The second kappa shape index (κ2) is 9.88. The van der Waals surface area contributed by atoms with Gasteiger partial charge in [0, 0.05) is 31.1 Å². The highest BCUT2D eigenvalue weighted by atomic mass is 35.5. The molecular formula is C22H27ClN2O2. The van der Waals surface area contributed by atoms with E-state index in [2.05, 4.69) is 35.2 Å². The van der Waals surface area contributed by atoms with Crippen LogP contribution in [0.5, 0.6) is 0 Å². The van der Waals surface area contributed by atoms with Crippen LogP contribution in [0, 0.1) is 0 Å². The number of hydrogen-bond acceptors (Lipinski definition) is 4. The molecule has 0 bridgehead atoms. The van der Waals surface area contributed by atoms with Crippen LogP contribution in [0.2, 0.25) is 5.02 Å². The number of aliphatic hydroxyl groups is 1. The molecule has 5 heteroatoms. The van der Waals surface area contributed by atoms with Crippen molar-refractivity contribution in [1.29, 1.82) is 0 Å². The van der Waals surface area contributed by atoms with E-state index >= 15 is 0 Å². The second-order valence-electron chi connectivity index (χ2n) is 7.10. The van der Waals surface area contributed by atoms with Gasteiger partial charge in [0.15, 0.2) is 0 Å². The third-order valence-corrected chi connectivity index (χ3v) is 4.92. The Labute approximate surface area is 166 Å². The molecule has 3 rings (SSSR count). The zero-order valence-corrected chi connectivity index (χ0v) is 16.5. The zero-order chi connectivity index (χ0) is 19.1. The van der Waals surface area contributed by atoms with E-state index in [1.54, 1.807) is 0 Å². The van der Waals surface area contributed by atoms with Gasteiger partial charge < -0.3 is 9.94 Å². The Morgan fingerprint density at radius 1 is 1.22 bits per heavy atom. The first-order valence-corrected chi connectivity index (χ1v) is 9.94. The topological polar surface area (TPSA) is 45.1 Å². The molecule has 27 heavy (non-hydrogen) atoms. The van der Waals surface area contributed by atoms with Gasteiger partial charge in [0.2, 0.25) is 0 Å². The molecule has 2 aromatic rings. The van der Waals surface area contributed by atoms with Gasteiger partial charge >= 0.3 is 0 Å². The molecule has 0 saturated carbocycles. The van der Waals surface area contributed by atoms with Crippen molar-refractivity contribution in [3.63, 3.8) is 0 Å². The van der Waals surface area contributed by atoms with Crippen molar-refractivity contribution in [2.75, 3.05) is 13.1 Å². The van der Waals surface area contributed by atoms with Crippen molar-refractivity contribution in [2.24, 2.45) is 5.16 Å². The van der Waals surface area contributed by atoms with E-state index in [-0.39, 0.29) is 12.2 Å². The predicted octanol–water partition coefficient (Wildman–Crippen LogP) is 4.50. The number of halogens is 1. The lowest BCUT2D eigenvalue weighted by atomic mass is 10.0. The smallest absolute Gasteiger partial charge is 0.145 e. The van der Waals surface area contributed by atoms with E-state index in [9.17, 15) is 5.11 Å². The van der Waals surface area contributed by atoms with E-state index in [1.165, 1.54) is 0 Å². The van der Waals surface area contributed by atoms with Crippen molar-refractivity contribution in [3.05, 3.63) is 70.7 Å². The Morgan fingerprint density at radius 3 is 2.78 bits per heavy atom. The molecule has 0 amide bonds. The number of hydrogen-bond donors (Lipinski definition) is 1. The van der Waals surface area contributed by atoms with Crippen LogP contribution >= 0.6 is 11.6 Å². The van der Waals surface area contributed by atoms with Gasteiger partial charge in [0.1, 0.15) is 6.10 Å². The van der Waals surface area contributed by atoms with Crippen LogP contribution < -0.4 is 0 Å². The van der Waals surface area contributed by atoms with E-state index in [4.69, 9.17) is 16.4 Å². The second-order valence-corrected chi connectivity index (χ2v) is 7.54. The summed E-state index contributed by atoms with van der Waals surface area (Å²) in [6.07, 6.45) is 2.19. The van der Waals surface area contributed by atoms with E-state index < -0.39 is 0 Å². The molecule has 1 heterocycles. The van der Waals surface area contributed by atoms with Crippen LogP contribution in [0.15, 0.2) is 59.8 Å². The molecule has 0 aliphatic carbocycles. The maximum atomic E-state index is 10.3. The summed E-state index contributed by atoms with van der Waals surface area (Å²) in [5.74, 6) is 0. The van der Waals surface area contributed by atoms with Crippen LogP contribution in [-0.4, -0.2) is 41.0 Å². The molecule has 0 spiro atoms. The maximum Gasteiger partial charge on any atom is 0.145 e. The van der Waals surface area contributed by atoms with Crippen LogP contribution in [0.25, 0.3) is 0 Å².